The monoisotopic (exact) mass is 204 g/mol. The molecule has 4 heteroatoms. The minimum atomic E-state index is 0.104. The summed E-state index contributed by atoms with van der Waals surface area (Å²) in [6, 6.07) is 1.91. The lowest BCUT2D eigenvalue weighted by Gasteiger charge is -1.84. The van der Waals surface area contributed by atoms with Crippen LogP contribution in [0.3, 0.4) is 0 Å². The number of halogens is 1. The highest BCUT2D eigenvalue weighted by molar-refractivity contribution is 7.39. The number of rotatable bonds is 1. The lowest BCUT2D eigenvalue weighted by atomic mass is 10.3. The molecule has 0 radical (unpaired) electrons. The topological polar surface area (TPSA) is 20.2 Å². The van der Waals surface area contributed by atoms with Crippen LogP contribution in [0.15, 0.2) is 11.4 Å². The lowest BCUT2D eigenvalue weighted by molar-refractivity contribution is 0.284. The molecule has 2 aromatic rings. The molecule has 0 aliphatic carbocycles. The fourth-order valence-corrected chi connectivity index (χ4v) is 3.47. The van der Waals surface area contributed by atoms with Gasteiger partial charge < -0.3 is 5.11 Å². The van der Waals surface area contributed by atoms with Crippen LogP contribution in [0.4, 0.5) is 0 Å². The van der Waals surface area contributed by atoms with E-state index in [1.807, 2.05) is 11.4 Å². The first kappa shape index (κ1) is 7.55. The number of thiophene rings is 2. The summed E-state index contributed by atoms with van der Waals surface area (Å²) in [7, 11) is 0. The predicted octanol–water partition coefficient (Wildman–Crippen LogP) is 3.11. The van der Waals surface area contributed by atoms with Crippen molar-refractivity contribution in [3.63, 3.8) is 0 Å². The zero-order valence-corrected chi connectivity index (χ0v) is 7.89. The van der Waals surface area contributed by atoms with Crippen LogP contribution in [0, 0.1) is 0 Å². The zero-order valence-electron chi connectivity index (χ0n) is 5.50. The first-order chi connectivity index (χ1) is 5.31. The molecule has 0 amide bonds. The van der Waals surface area contributed by atoms with Crippen molar-refractivity contribution in [1.29, 1.82) is 0 Å². The first-order valence-electron chi connectivity index (χ1n) is 3.07. The summed E-state index contributed by atoms with van der Waals surface area (Å²) in [5.41, 5.74) is 0.980. The van der Waals surface area contributed by atoms with Crippen LogP contribution in [-0.2, 0) is 6.61 Å². The van der Waals surface area contributed by atoms with Crippen LogP contribution >= 0.6 is 34.3 Å². The Balaban J connectivity index is 2.73. The molecular formula is C7H5ClOS2. The van der Waals surface area contributed by atoms with Gasteiger partial charge in [-0.2, -0.15) is 0 Å². The molecule has 1 N–H and O–H groups in total. The molecule has 0 unspecified atom stereocenters. The molecule has 2 rings (SSSR count). The van der Waals surface area contributed by atoms with Gasteiger partial charge in [-0.25, -0.2) is 0 Å². The van der Waals surface area contributed by atoms with Gasteiger partial charge in [0.05, 0.1) is 15.0 Å². The average Bonchev–Trinajstić information content (AvgIpc) is 2.45. The summed E-state index contributed by atoms with van der Waals surface area (Å²) < 4.78 is 1.99. The van der Waals surface area contributed by atoms with E-state index in [9.17, 15) is 0 Å². The van der Waals surface area contributed by atoms with E-state index in [0.29, 0.717) is 0 Å². The normalized spacial score (nSPS) is 11.1. The van der Waals surface area contributed by atoms with Gasteiger partial charge in [0.25, 0.3) is 0 Å². The molecule has 0 saturated heterocycles. The number of hydrogen-bond donors (Lipinski definition) is 1. The molecule has 1 nitrogen and oxygen atoms in total. The van der Waals surface area contributed by atoms with Gasteiger partial charge in [-0.3, -0.25) is 0 Å². The zero-order chi connectivity index (χ0) is 7.84. The fraction of sp³-hybridized carbons (Fsp3) is 0.143. The number of fused-ring (bicyclic) bond motifs is 1. The van der Waals surface area contributed by atoms with E-state index in [1.54, 1.807) is 22.7 Å². The quantitative estimate of drug-likeness (QED) is 0.757. The molecule has 0 atom stereocenters. The maximum atomic E-state index is 8.90. The minimum absolute atomic E-state index is 0.104. The van der Waals surface area contributed by atoms with Crippen LogP contribution in [-0.4, -0.2) is 5.11 Å². The van der Waals surface area contributed by atoms with Crippen molar-refractivity contribution in [2.24, 2.45) is 0 Å². The molecule has 0 aliphatic heterocycles. The predicted molar refractivity (Wildman–Crippen MR) is 50.6 cm³/mol. The van der Waals surface area contributed by atoms with Gasteiger partial charge in [0.1, 0.15) is 0 Å². The number of aliphatic hydroxyl groups is 1. The maximum Gasteiger partial charge on any atom is 0.0949 e. The Labute approximate surface area is 76.9 Å². The average molecular weight is 205 g/mol. The Bertz CT molecular complexity index is 377. The molecule has 0 spiro atoms. The van der Waals surface area contributed by atoms with Crippen LogP contribution in [0.1, 0.15) is 5.56 Å². The van der Waals surface area contributed by atoms with E-state index in [1.165, 1.54) is 4.01 Å². The van der Waals surface area contributed by atoms with Crippen LogP contribution in [0.25, 0.3) is 9.40 Å². The highest BCUT2D eigenvalue weighted by Gasteiger charge is 2.05. The van der Waals surface area contributed by atoms with Gasteiger partial charge >= 0.3 is 0 Å². The molecule has 2 aromatic heterocycles. The van der Waals surface area contributed by atoms with Crippen molar-refractivity contribution in [2.45, 2.75) is 6.61 Å². The van der Waals surface area contributed by atoms with E-state index >= 15 is 0 Å². The van der Waals surface area contributed by atoms with E-state index in [2.05, 4.69) is 0 Å². The molecule has 0 aromatic carbocycles. The summed E-state index contributed by atoms with van der Waals surface area (Å²) in [6.45, 7) is 0.104. The van der Waals surface area contributed by atoms with Crippen molar-refractivity contribution in [2.75, 3.05) is 0 Å². The van der Waals surface area contributed by atoms with Gasteiger partial charge in [0, 0.05) is 5.39 Å². The molecule has 0 bridgehead atoms. The maximum absolute atomic E-state index is 8.90. The fourth-order valence-electron chi connectivity index (χ4n) is 0.967. The van der Waals surface area contributed by atoms with Gasteiger partial charge in [0.2, 0.25) is 0 Å². The molecular weight excluding hydrogens is 200 g/mol. The SMILES string of the molecule is OCc1csc2sc(Cl)cc12. The van der Waals surface area contributed by atoms with Crippen molar-refractivity contribution in [1.82, 2.24) is 0 Å². The Hall–Kier alpha value is -0.0900. The first-order valence-corrected chi connectivity index (χ1v) is 5.15. The third-order valence-corrected chi connectivity index (χ3v) is 3.93. The Kier molecular flexibility index (Phi) is 1.89. The van der Waals surface area contributed by atoms with E-state index < -0.39 is 0 Å². The molecule has 0 fully saturated rings. The number of aliphatic hydroxyl groups excluding tert-OH is 1. The highest BCUT2D eigenvalue weighted by Crippen LogP contribution is 2.36. The second kappa shape index (κ2) is 2.75. The van der Waals surface area contributed by atoms with Crippen LogP contribution < -0.4 is 0 Å². The summed E-state index contributed by atoms with van der Waals surface area (Å²) in [5, 5.41) is 12.0. The molecule has 11 heavy (non-hydrogen) atoms. The van der Waals surface area contributed by atoms with Crippen LogP contribution in [0.2, 0.25) is 4.34 Å². The molecule has 2 heterocycles. The molecule has 0 saturated carbocycles. The minimum Gasteiger partial charge on any atom is -0.392 e. The number of hydrogen-bond acceptors (Lipinski definition) is 3. The van der Waals surface area contributed by atoms with Crippen molar-refractivity contribution < 1.29 is 5.11 Å². The van der Waals surface area contributed by atoms with E-state index in [4.69, 9.17) is 16.7 Å². The third-order valence-electron chi connectivity index (χ3n) is 1.49. The Morgan fingerprint density at radius 3 is 3.09 bits per heavy atom. The largest absolute Gasteiger partial charge is 0.392 e. The van der Waals surface area contributed by atoms with Gasteiger partial charge in [-0.15, -0.1) is 22.7 Å². The van der Waals surface area contributed by atoms with E-state index in [0.717, 1.165) is 15.3 Å². The highest BCUT2D eigenvalue weighted by atomic mass is 35.5. The third kappa shape index (κ3) is 1.18. The summed E-state index contributed by atoms with van der Waals surface area (Å²) >= 11 is 8.99. The second-order valence-corrected chi connectivity index (χ2v) is 4.99. The lowest BCUT2D eigenvalue weighted by Crippen LogP contribution is -1.75. The molecule has 58 valence electrons. The smallest absolute Gasteiger partial charge is 0.0949 e. The Morgan fingerprint density at radius 2 is 2.36 bits per heavy atom. The summed E-state index contributed by atoms with van der Waals surface area (Å²) in [6.07, 6.45) is 0. The van der Waals surface area contributed by atoms with Gasteiger partial charge in [-0.1, -0.05) is 11.6 Å². The van der Waals surface area contributed by atoms with Gasteiger partial charge in [0.15, 0.2) is 0 Å². The second-order valence-electron chi connectivity index (χ2n) is 2.17. The van der Waals surface area contributed by atoms with Crippen molar-refractivity contribution in [3.8, 4) is 0 Å². The van der Waals surface area contributed by atoms with Crippen molar-refractivity contribution >= 4 is 43.7 Å². The van der Waals surface area contributed by atoms with Crippen LogP contribution in [0.5, 0.6) is 0 Å². The summed E-state index contributed by atoms with van der Waals surface area (Å²) in [4.78, 5) is 0. The Morgan fingerprint density at radius 1 is 1.55 bits per heavy atom. The molecule has 0 aliphatic rings. The van der Waals surface area contributed by atoms with Gasteiger partial charge in [-0.05, 0) is 17.0 Å². The standard InChI is InChI=1S/C7H5ClOS2/c8-6-1-5-4(2-9)3-10-7(5)11-6/h1,3,9H,2H2. The van der Waals surface area contributed by atoms with E-state index in [-0.39, 0.29) is 6.61 Å². The van der Waals surface area contributed by atoms with Crippen molar-refractivity contribution in [3.05, 3.63) is 21.3 Å². The summed E-state index contributed by atoms with van der Waals surface area (Å²) in [5.74, 6) is 0.